The Hall–Kier alpha value is -2.24. The number of ether oxygens (including phenoxy) is 1. The molecule has 0 unspecified atom stereocenters. The number of nitrogens with one attached hydrogen (secondary N) is 1. The second-order valence-electron chi connectivity index (χ2n) is 5.21. The van der Waals surface area contributed by atoms with Crippen molar-refractivity contribution in [2.45, 2.75) is 25.8 Å². The van der Waals surface area contributed by atoms with Crippen LogP contribution in [0.2, 0.25) is 0 Å². The lowest BCUT2D eigenvalue weighted by Gasteiger charge is -2.32. The number of rotatable bonds is 5. The summed E-state index contributed by atoms with van der Waals surface area (Å²) in [4.78, 5) is 23.9. The first kappa shape index (κ1) is 15.2. The fourth-order valence-electron chi connectivity index (χ4n) is 2.40. The average molecular weight is 291 g/mol. The predicted octanol–water partition coefficient (Wildman–Crippen LogP) is 0.974. The number of hydrogen-bond acceptors (Lipinski definition) is 4. The smallest absolute Gasteiger partial charge is 0.255 e. The number of piperidine rings is 1. The van der Waals surface area contributed by atoms with E-state index in [0.29, 0.717) is 11.8 Å². The van der Waals surface area contributed by atoms with Crippen LogP contribution in [0.4, 0.5) is 5.69 Å². The third kappa shape index (κ3) is 4.66. The minimum Gasteiger partial charge on any atom is -0.484 e. The van der Waals surface area contributed by atoms with Crippen molar-refractivity contribution < 1.29 is 14.3 Å². The lowest BCUT2D eigenvalue weighted by atomic mass is 10.0. The molecule has 0 bridgehead atoms. The van der Waals surface area contributed by atoms with Gasteiger partial charge < -0.3 is 20.7 Å². The number of primary amides is 1. The summed E-state index contributed by atoms with van der Waals surface area (Å²) in [5.41, 5.74) is 6.00. The molecule has 1 heterocycles. The molecule has 0 spiro atoms. The summed E-state index contributed by atoms with van der Waals surface area (Å²) in [5.74, 6) is 0.250. The molecule has 3 N–H and O–H groups in total. The molecule has 1 fully saturated rings. The molecule has 6 heteroatoms. The Balaban J connectivity index is 1.87. The van der Waals surface area contributed by atoms with Gasteiger partial charge in [-0.1, -0.05) is 6.07 Å². The number of likely N-dealkylation sites (tertiary alicyclic amines) is 1. The van der Waals surface area contributed by atoms with Crippen LogP contribution in [0.1, 0.15) is 19.8 Å². The highest BCUT2D eigenvalue weighted by Crippen LogP contribution is 2.21. The zero-order valence-corrected chi connectivity index (χ0v) is 12.2. The monoisotopic (exact) mass is 291 g/mol. The highest BCUT2D eigenvalue weighted by atomic mass is 16.5. The number of hydrogen-bond donors (Lipinski definition) is 2. The van der Waals surface area contributed by atoms with Gasteiger partial charge in [0.25, 0.3) is 5.91 Å². The van der Waals surface area contributed by atoms with Crippen molar-refractivity contribution in [2.24, 2.45) is 5.73 Å². The van der Waals surface area contributed by atoms with Crippen LogP contribution in [0.25, 0.3) is 0 Å². The van der Waals surface area contributed by atoms with E-state index < -0.39 is 5.91 Å². The van der Waals surface area contributed by atoms with Crippen LogP contribution < -0.4 is 15.8 Å². The van der Waals surface area contributed by atoms with Crippen molar-refractivity contribution >= 4 is 17.5 Å². The van der Waals surface area contributed by atoms with Gasteiger partial charge >= 0.3 is 0 Å². The molecule has 1 saturated heterocycles. The molecule has 1 aromatic carbocycles. The van der Waals surface area contributed by atoms with Gasteiger partial charge in [0.1, 0.15) is 5.75 Å². The Labute approximate surface area is 124 Å². The van der Waals surface area contributed by atoms with Crippen LogP contribution in [0.3, 0.4) is 0 Å². The molecule has 0 saturated carbocycles. The SMILES string of the molecule is CC(=O)N1CCC(Nc2cccc(OCC(N)=O)c2)CC1. The minimum atomic E-state index is -0.495. The number of nitrogens with zero attached hydrogens (tertiary/aromatic N) is 1. The second-order valence-corrected chi connectivity index (χ2v) is 5.21. The Morgan fingerprint density at radius 1 is 1.38 bits per heavy atom. The third-order valence-electron chi connectivity index (χ3n) is 3.53. The second kappa shape index (κ2) is 6.97. The zero-order chi connectivity index (χ0) is 15.2. The van der Waals surface area contributed by atoms with E-state index in [2.05, 4.69) is 5.32 Å². The Bertz CT molecular complexity index is 511. The summed E-state index contributed by atoms with van der Waals surface area (Å²) in [6.07, 6.45) is 1.85. The first-order valence-electron chi connectivity index (χ1n) is 7.08. The Morgan fingerprint density at radius 3 is 2.71 bits per heavy atom. The number of carbonyl (C=O) groups is 2. The van der Waals surface area contributed by atoms with E-state index in [1.54, 1.807) is 13.0 Å². The van der Waals surface area contributed by atoms with Crippen molar-refractivity contribution in [1.82, 2.24) is 4.90 Å². The number of carbonyl (C=O) groups excluding carboxylic acids is 2. The number of amides is 2. The van der Waals surface area contributed by atoms with Crippen molar-refractivity contribution in [3.8, 4) is 5.75 Å². The van der Waals surface area contributed by atoms with Gasteiger partial charge in [-0.05, 0) is 25.0 Å². The van der Waals surface area contributed by atoms with Gasteiger partial charge in [-0.15, -0.1) is 0 Å². The molecule has 6 nitrogen and oxygen atoms in total. The quantitative estimate of drug-likeness (QED) is 0.846. The van der Waals surface area contributed by atoms with E-state index in [9.17, 15) is 9.59 Å². The van der Waals surface area contributed by atoms with Crippen molar-refractivity contribution in [3.05, 3.63) is 24.3 Å². The van der Waals surface area contributed by atoms with Crippen LogP contribution in [0.5, 0.6) is 5.75 Å². The first-order chi connectivity index (χ1) is 10.0. The summed E-state index contributed by atoms with van der Waals surface area (Å²) in [7, 11) is 0. The predicted molar refractivity (Wildman–Crippen MR) is 80.0 cm³/mol. The molecule has 1 aromatic rings. The van der Waals surface area contributed by atoms with Gasteiger partial charge in [-0.25, -0.2) is 0 Å². The summed E-state index contributed by atoms with van der Waals surface area (Å²) >= 11 is 0. The molecule has 0 aromatic heterocycles. The fourth-order valence-corrected chi connectivity index (χ4v) is 2.40. The molecular weight excluding hydrogens is 270 g/mol. The topological polar surface area (TPSA) is 84.7 Å². The van der Waals surface area contributed by atoms with E-state index in [1.807, 2.05) is 23.1 Å². The van der Waals surface area contributed by atoms with E-state index in [-0.39, 0.29) is 12.5 Å². The van der Waals surface area contributed by atoms with Crippen molar-refractivity contribution in [3.63, 3.8) is 0 Å². The van der Waals surface area contributed by atoms with E-state index in [4.69, 9.17) is 10.5 Å². The average Bonchev–Trinajstić information content (AvgIpc) is 2.46. The molecule has 0 aliphatic carbocycles. The van der Waals surface area contributed by atoms with Crippen LogP contribution in [0, 0.1) is 0 Å². The molecule has 114 valence electrons. The number of benzene rings is 1. The molecule has 21 heavy (non-hydrogen) atoms. The first-order valence-corrected chi connectivity index (χ1v) is 7.08. The molecule has 2 amide bonds. The van der Waals surface area contributed by atoms with Gasteiger partial charge in [0.05, 0.1) is 0 Å². The molecule has 0 atom stereocenters. The largest absolute Gasteiger partial charge is 0.484 e. The number of nitrogens with two attached hydrogens (primary N) is 1. The Morgan fingerprint density at radius 2 is 2.10 bits per heavy atom. The van der Waals surface area contributed by atoms with Gasteiger partial charge in [0, 0.05) is 37.8 Å². The van der Waals surface area contributed by atoms with Crippen LogP contribution in [0.15, 0.2) is 24.3 Å². The fraction of sp³-hybridized carbons (Fsp3) is 0.467. The maximum absolute atomic E-state index is 11.3. The minimum absolute atomic E-state index is 0.125. The molecule has 1 aliphatic rings. The third-order valence-corrected chi connectivity index (χ3v) is 3.53. The van der Waals surface area contributed by atoms with E-state index in [0.717, 1.165) is 31.6 Å². The summed E-state index contributed by atoms with van der Waals surface area (Å²) in [5, 5.41) is 3.43. The van der Waals surface area contributed by atoms with Crippen LogP contribution in [-0.2, 0) is 9.59 Å². The van der Waals surface area contributed by atoms with Gasteiger partial charge in [-0.3, -0.25) is 9.59 Å². The van der Waals surface area contributed by atoms with Crippen molar-refractivity contribution in [2.75, 3.05) is 25.0 Å². The molecule has 1 aliphatic heterocycles. The Kier molecular flexibility index (Phi) is 5.03. The van der Waals surface area contributed by atoms with E-state index in [1.165, 1.54) is 0 Å². The number of anilines is 1. The standard InChI is InChI=1S/C15H21N3O3/c1-11(19)18-7-5-12(6-8-18)17-13-3-2-4-14(9-13)21-10-15(16)20/h2-4,9,12,17H,5-8,10H2,1H3,(H2,16,20). The van der Waals surface area contributed by atoms with E-state index >= 15 is 0 Å². The normalized spacial score (nSPS) is 15.6. The maximum atomic E-state index is 11.3. The molecule has 2 rings (SSSR count). The van der Waals surface area contributed by atoms with Gasteiger partial charge in [-0.2, -0.15) is 0 Å². The van der Waals surface area contributed by atoms with Gasteiger partial charge in [0.15, 0.2) is 6.61 Å². The molecular formula is C15H21N3O3. The van der Waals surface area contributed by atoms with Crippen molar-refractivity contribution in [1.29, 1.82) is 0 Å². The molecule has 0 radical (unpaired) electrons. The zero-order valence-electron chi connectivity index (χ0n) is 12.2. The lowest BCUT2D eigenvalue weighted by Crippen LogP contribution is -2.41. The summed E-state index contributed by atoms with van der Waals surface area (Å²) in [6, 6.07) is 7.79. The summed E-state index contributed by atoms with van der Waals surface area (Å²) < 4.78 is 5.28. The lowest BCUT2D eigenvalue weighted by molar-refractivity contribution is -0.129. The van der Waals surface area contributed by atoms with Crippen LogP contribution in [-0.4, -0.2) is 42.5 Å². The highest BCUT2D eigenvalue weighted by molar-refractivity contribution is 5.75. The maximum Gasteiger partial charge on any atom is 0.255 e. The van der Waals surface area contributed by atoms with Crippen LogP contribution >= 0.6 is 0 Å². The van der Waals surface area contributed by atoms with Gasteiger partial charge in [0.2, 0.25) is 5.91 Å². The summed E-state index contributed by atoms with van der Waals surface area (Å²) in [6.45, 7) is 3.05. The highest BCUT2D eigenvalue weighted by Gasteiger charge is 2.20.